The minimum Gasteiger partial charge on any atom is -0.493 e. The molecule has 0 unspecified atom stereocenters. The summed E-state index contributed by atoms with van der Waals surface area (Å²) in [4.78, 5) is 50.8. The number of imide groups is 1. The molecule has 0 aromatic heterocycles. The van der Waals surface area contributed by atoms with Crippen LogP contribution >= 0.6 is 0 Å². The Bertz CT molecular complexity index is 941. The molecule has 1 aromatic carbocycles. The van der Waals surface area contributed by atoms with Crippen molar-refractivity contribution < 1.29 is 28.7 Å². The smallest absolute Gasteiger partial charge is 0.326 e. The Kier molecular flexibility index (Phi) is 7.14. The normalized spacial score (nSPS) is 22.9. The highest BCUT2D eigenvalue weighted by molar-refractivity contribution is 6.08. The number of ketones is 1. The number of nitrogens with one attached hydrogen (secondary N) is 1. The van der Waals surface area contributed by atoms with Crippen molar-refractivity contribution in [2.45, 2.75) is 72.4 Å². The second-order valence-electron chi connectivity index (χ2n) is 10.0. The summed E-state index contributed by atoms with van der Waals surface area (Å²) in [7, 11) is 0. The Labute approximate surface area is 195 Å². The maximum atomic E-state index is 13.1. The predicted octanol–water partition coefficient (Wildman–Crippen LogP) is 3.86. The highest BCUT2D eigenvalue weighted by Gasteiger charge is 2.53. The molecule has 2 aliphatic rings. The van der Waals surface area contributed by atoms with Crippen LogP contribution in [0.5, 0.6) is 5.75 Å². The van der Waals surface area contributed by atoms with E-state index in [2.05, 4.69) is 26.1 Å². The van der Waals surface area contributed by atoms with Crippen LogP contribution in [-0.4, -0.2) is 47.3 Å². The molecule has 1 aliphatic heterocycles. The molecule has 33 heavy (non-hydrogen) atoms. The summed E-state index contributed by atoms with van der Waals surface area (Å²) in [6.07, 6.45) is 2.84. The van der Waals surface area contributed by atoms with Crippen LogP contribution in [0.3, 0.4) is 0 Å². The molecule has 1 saturated heterocycles. The minimum absolute atomic E-state index is 0.114. The third-order valence-electron chi connectivity index (χ3n) is 6.75. The lowest BCUT2D eigenvalue weighted by Gasteiger charge is -2.40. The van der Waals surface area contributed by atoms with Gasteiger partial charge in [-0.3, -0.25) is 19.3 Å². The number of benzene rings is 1. The van der Waals surface area contributed by atoms with Gasteiger partial charge in [0.15, 0.2) is 5.78 Å². The SMILES string of the molecule is CCOc1ccc(C(C)=O)cc1COC(=O)CN1C(=O)NC2(CCC(C(C)(C)C)CC2)C1=O. The lowest BCUT2D eigenvalue weighted by Crippen LogP contribution is -2.50. The van der Waals surface area contributed by atoms with Crippen molar-refractivity contribution in [3.8, 4) is 5.75 Å². The van der Waals surface area contributed by atoms with Crippen molar-refractivity contribution in [3.63, 3.8) is 0 Å². The molecular weight excluding hydrogens is 424 g/mol. The van der Waals surface area contributed by atoms with Crippen molar-refractivity contribution in [2.24, 2.45) is 11.3 Å². The van der Waals surface area contributed by atoms with Gasteiger partial charge >= 0.3 is 12.0 Å². The molecule has 2 fully saturated rings. The molecular formula is C25H34N2O6. The van der Waals surface area contributed by atoms with Crippen LogP contribution in [0.1, 0.15) is 76.2 Å². The molecule has 1 spiro atoms. The zero-order valence-electron chi connectivity index (χ0n) is 20.2. The second kappa shape index (κ2) is 9.53. The van der Waals surface area contributed by atoms with E-state index < -0.39 is 24.1 Å². The van der Waals surface area contributed by atoms with E-state index in [1.54, 1.807) is 18.2 Å². The summed E-state index contributed by atoms with van der Waals surface area (Å²) < 4.78 is 10.9. The lowest BCUT2D eigenvalue weighted by molar-refractivity contribution is -0.149. The molecule has 1 N–H and O–H groups in total. The van der Waals surface area contributed by atoms with Gasteiger partial charge in [0.25, 0.3) is 5.91 Å². The number of hydrogen-bond donors (Lipinski definition) is 1. The average Bonchev–Trinajstić information content (AvgIpc) is 2.96. The van der Waals surface area contributed by atoms with E-state index >= 15 is 0 Å². The monoisotopic (exact) mass is 458 g/mol. The summed E-state index contributed by atoms with van der Waals surface area (Å²) in [6.45, 7) is 9.69. The summed E-state index contributed by atoms with van der Waals surface area (Å²) in [5.74, 6) is -0.173. The van der Waals surface area contributed by atoms with Crippen molar-refractivity contribution in [1.29, 1.82) is 0 Å². The molecule has 8 nitrogen and oxygen atoms in total. The van der Waals surface area contributed by atoms with Crippen LogP contribution in [0.4, 0.5) is 4.79 Å². The van der Waals surface area contributed by atoms with Crippen LogP contribution in [0, 0.1) is 11.3 Å². The van der Waals surface area contributed by atoms with E-state index in [0.717, 1.165) is 17.7 Å². The van der Waals surface area contributed by atoms with Crippen molar-refractivity contribution >= 4 is 23.7 Å². The van der Waals surface area contributed by atoms with Gasteiger partial charge in [0.05, 0.1) is 6.61 Å². The standard InChI is InChI=1S/C25H34N2O6/c1-6-32-20-8-7-17(16(2)28)13-18(20)15-33-21(29)14-27-22(30)25(26-23(27)31)11-9-19(10-12-25)24(3,4)5/h7-8,13,19H,6,9-12,14-15H2,1-5H3,(H,26,31). The molecule has 0 radical (unpaired) electrons. The third-order valence-corrected chi connectivity index (χ3v) is 6.75. The molecule has 8 heteroatoms. The summed E-state index contributed by atoms with van der Waals surface area (Å²) in [6, 6.07) is 4.38. The van der Waals surface area contributed by atoms with Crippen LogP contribution in [-0.2, 0) is 20.9 Å². The van der Waals surface area contributed by atoms with Crippen molar-refractivity contribution in [1.82, 2.24) is 10.2 Å². The van der Waals surface area contributed by atoms with E-state index in [4.69, 9.17) is 9.47 Å². The first-order valence-corrected chi connectivity index (χ1v) is 11.5. The molecule has 0 atom stereocenters. The van der Waals surface area contributed by atoms with Gasteiger partial charge in [0, 0.05) is 11.1 Å². The number of nitrogens with zero attached hydrogens (tertiary/aromatic N) is 1. The maximum absolute atomic E-state index is 13.1. The van der Waals surface area contributed by atoms with Crippen molar-refractivity contribution in [2.75, 3.05) is 13.2 Å². The van der Waals surface area contributed by atoms with E-state index in [-0.39, 0.29) is 23.7 Å². The van der Waals surface area contributed by atoms with Crippen LogP contribution in [0.2, 0.25) is 0 Å². The number of rotatable bonds is 7. The lowest BCUT2D eigenvalue weighted by atomic mass is 9.67. The summed E-state index contributed by atoms with van der Waals surface area (Å²) in [5.41, 5.74) is 0.256. The van der Waals surface area contributed by atoms with Crippen LogP contribution < -0.4 is 10.1 Å². The number of urea groups is 1. The van der Waals surface area contributed by atoms with E-state index in [9.17, 15) is 19.2 Å². The number of esters is 1. The first kappa shape index (κ1) is 24.7. The highest BCUT2D eigenvalue weighted by atomic mass is 16.5. The Morgan fingerprint density at radius 3 is 2.42 bits per heavy atom. The van der Waals surface area contributed by atoms with Gasteiger partial charge in [-0.05, 0) is 69.1 Å². The summed E-state index contributed by atoms with van der Waals surface area (Å²) >= 11 is 0. The van der Waals surface area contributed by atoms with Gasteiger partial charge in [0.2, 0.25) is 0 Å². The second-order valence-corrected chi connectivity index (χ2v) is 10.0. The molecule has 1 aliphatic carbocycles. The fourth-order valence-electron chi connectivity index (χ4n) is 4.68. The fourth-order valence-corrected chi connectivity index (χ4v) is 4.68. The number of amides is 3. The van der Waals surface area contributed by atoms with Gasteiger partial charge in [-0.25, -0.2) is 4.79 Å². The maximum Gasteiger partial charge on any atom is 0.326 e. The Morgan fingerprint density at radius 2 is 1.85 bits per heavy atom. The number of hydrogen-bond acceptors (Lipinski definition) is 6. The quantitative estimate of drug-likeness (QED) is 0.378. The van der Waals surface area contributed by atoms with Crippen LogP contribution in [0.15, 0.2) is 18.2 Å². The van der Waals surface area contributed by atoms with E-state index in [1.165, 1.54) is 6.92 Å². The van der Waals surface area contributed by atoms with Crippen molar-refractivity contribution in [3.05, 3.63) is 29.3 Å². The molecule has 1 saturated carbocycles. The first-order chi connectivity index (χ1) is 15.5. The number of carbonyl (C=O) groups is 4. The van der Waals surface area contributed by atoms with Gasteiger partial charge in [-0.1, -0.05) is 20.8 Å². The van der Waals surface area contributed by atoms with Crippen LogP contribution in [0.25, 0.3) is 0 Å². The highest BCUT2D eigenvalue weighted by Crippen LogP contribution is 2.43. The molecule has 3 rings (SSSR count). The Morgan fingerprint density at radius 1 is 1.18 bits per heavy atom. The van der Waals surface area contributed by atoms with E-state index in [0.29, 0.717) is 42.2 Å². The first-order valence-electron chi connectivity index (χ1n) is 11.5. The largest absolute Gasteiger partial charge is 0.493 e. The molecule has 1 aromatic rings. The van der Waals surface area contributed by atoms with Gasteiger partial charge in [0.1, 0.15) is 24.4 Å². The number of Topliss-reactive ketones (excluding diaryl/α,β-unsaturated/α-hetero) is 1. The predicted molar refractivity (Wildman–Crippen MR) is 122 cm³/mol. The molecule has 180 valence electrons. The number of ether oxygens (including phenoxy) is 2. The van der Waals surface area contributed by atoms with Gasteiger partial charge in [-0.15, -0.1) is 0 Å². The third kappa shape index (κ3) is 5.37. The molecule has 3 amide bonds. The zero-order valence-corrected chi connectivity index (χ0v) is 20.2. The fraction of sp³-hybridized carbons (Fsp3) is 0.600. The Hall–Kier alpha value is -2.90. The zero-order chi connectivity index (χ0) is 24.4. The van der Waals surface area contributed by atoms with Gasteiger partial charge < -0.3 is 14.8 Å². The van der Waals surface area contributed by atoms with Gasteiger partial charge in [-0.2, -0.15) is 0 Å². The average molecular weight is 459 g/mol. The van der Waals surface area contributed by atoms with E-state index in [1.807, 2.05) is 6.92 Å². The molecule has 1 heterocycles. The Balaban J connectivity index is 1.62. The summed E-state index contributed by atoms with van der Waals surface area (Å²) in [5, 5.41) is 2.84. The molecule has 0 bridgehead atoms. The number of carbonyl (C=O) groups excluding carboxylic acids is 4. The topological polar surface area (TPSA) is 102 Å². The minimum atomic E-state index is -0.920.